The lowest BCUT2D eigenvalue weighted by Crippen LogP contribution is -2.22. The smallest absolute Gasteiger partial charge is 0.163 e. The Balaban J connectivity index is 1.38. The van der Waals surface area contributed by atoms with E-state index < -0.39 is 5.79 Å². The SMILES string of the molecule is CC1(C)OC[C@H]([C@@H]2C[C@H]2COCc2ccccc2)O1. The van der Waals surface area contributed by atoms with Crippen LogP contribution < -0.4 is 0 Å². The number of hydrogen-bond acceptors (Lipinski definition) is 3. The van der Waals surface area contributed by atoms with Gasteiger partial charge in [0.25, 0.3) is 0 Å². The molecule has 0 amide bonds. The average Bonchev–Trinajstić information content (AvgIpc) is 3.07. The van der Waals surface area contributed by atoms with E-state index in [0.717, 1.165) is 13.2 Å². The molecule has 3 atom stereocenters. The summed E-state index contributed by atoms with van der Waals surface area (Å²) in [6.07, 6.45) is 1.47. The van der Waals surface area contributed by atoms with Crippen molar-refractivity contribution in [1.82, 2.24) is 0 Å². The van der Waals surface area contributed by atoms with E-state index in [1.54, 1.807) is 0 Å². The van der Waals surface area contributed by atoms with Crippen molar-refractivity contribution in [3.05, 3.63) is 35.9 Å². The third-order valence-corrected chi connectivity index (χ3v) is 3.93. The molecule has 3 rings (SSSR count). The summed E-state index contributed by atoms with van der Waals surface area (Å²) in [4.78, 5) is 0. The second kappa shape index (κ2) is 5.23. The topological polar surface area (TPSA) is 27.7 Å². The average molecular weight is 262 g/mol. The maximum absolute atomic E-state index is 5.89. The van der Waals surface area contributed by atoms with Gasteiger partial charge in [-0.25, -0.2) is 0 Å². The van der Waals surface area contributed by atoms with Gasteiger partial charge in [0.15, 0.2) is 5.79 Å². The van der Waals surface area contributed by atoms with Crippen LogP contribution in [0.3, 0.4) is 0 Å². The molecule has 1 aliphatic carbocycles. The Morgan fingerprint density at radius 3 is 2.74 bits per heavy atom. The Morgan fingerprint density at radius 2 is 2.05 bits per heavy atom. The molecule has 104 valence electrons. The molecule has 0 aromatic heterocycles. The lowest BCUT2D eigenvalue weighted by Gasteiger charge is -2.17. The highest BCUT2D eigenvalue weighted by atomic mass is 16.7. The zero-order chi connectivity index (χ0) is 13.3. The first-order valence-corrected chi connectivity index (χ1v) is 7.07. The van der Waals surface area contributed by atoms with Gasteiger partial charge in [0.1, 0.15) is 0 Å². The standard InChI is InChI=1S/C16H22O3/c1-16(2)18-11-15(19-16)14-8-13(14)10-17-9-12-6-4-3-5-7-12/h3-7,13-15H,8-11H2,1-2H3/t13-,14+,15+/m0/s1. The monoisotopic (exact) mass is 262 g/mol. The van der Waals surface area contributed by atoms with Crippen molar-refractivity contribution >= 4 is 0 Å². The zero-order valence-electron chi connectivity index (χ0n) is 11.7. The largest absolute Gasteiger partial charge is 0.376 e. The lowest BCUT2D eigenvalue weighted by molar-refractivity contribution is -0.141. The molecule has 0 N–H and O–H groups in total. The molecule has 0 radical (unpaired) electrons. The fraction of sp³-hybridized carbons (Fsp3) is 0.625. The molecule has 1 aliphatic heterocycles. The van der Waals surface area contributed by atoms with Crippen molar-refractivity contribution < 1.29 is 14.2 Å². The highest BCUT2D eigenvalue weighted by Crippen LogP contribution is 2.46. The predicted molar refractivity (Wildman–Crippen MR) is 72.6 cm³/mol. The van der Waals surface area contributed by atoms with Crippen molar-refractivity contribution in [2.24, 2.45) is 11.8 Å². The van der Waals surface area contributed by atoms with E-state index in [9.17, 15) is 0 Å². The maximum atomic E-state index is 5.89. The molecule has 0 bridgehead atoms. The molecule has 3 heteroatoms. The molecule has 0 unspecified atom stereocenters. The quantitative estimate of drug-likeness (QED) is 0.816. The normalized spacial score (nSPS) is 32.4. The van der Waals surface area contributed by atoms with Gasteiger partial charge in [-0.3, -0.25) is 0 Å². The van der Waals surface area contributed by atoms with Gasteiger partial charge in [-0.05, 0) is 37.7 Å². The number of benzene rings is 1. The van der Waals surface area contributed by atoms with Gasteiger partial charge in [-0.15, -0.1) is 0 Å². The van der Waals surface area contributed by atoms with Gasteiger partial charge in [-0.2, -0.15) is 0 Å². The second-order valence-electron chi connectivity index (χ2n) is 6.03. The molecule has 19 heavy (non-hydrogen) atoms. The Bertz CT molecular complexity index is 415. The van der Waals surface area contributed by atoms with Crippen LogP contribution in [0.1, 0.15) is 25.8 Å². The summed E-state index contributed by atoms with van der Waals surface area (Å²) in [7, 11) is 0. The summed E-state index contributed by atoms with van der Waals surface area (Å²) in [5, 5.41) is 0. The second-order valence-corrected chi connectivity index (χ2v) is 6.03. The van der Waals surface area contributed by atoms with Gasteiger partial charge in [-0.1, -0.05) is 30.3 Å². The third-order valence-electron chi connectivity index (χ3n) is 3.93. The molecule has 0 spiro atoms. The Hall–Kier alpha value is -0.900. The van der Waals surface area contributed by atoms with Crippen LogP contribution >= 0.6 is 0 Å². The van der Waals surface area contributed by atoms with Crippen LogP contribution in [0.2, 0.25) is 0 Å². The van der Waals surface area contributed by atoms with Crippen LogP contribution in [-0.2, 0) is 20.8 Å². The molecule has 1 saturated carbocycles. The first kappa shape index (κ1) is 13.1. The van der Waals surface area contributed by atoms with E-state index in [1.807, 2.05) is 32.0 Å². The minimum atomic E-state index is -0.400. The van der Waals surface area contributed by atoms with Gasteiger partial charge >= 0.3 is 0 Å². The molecule has 1 saturated heterocycles. The molecule has 1 aromatic carbocycles. The van der Waals surface area contributed by atoms with Crippen LogP contribution in [0.25, 0.3) is 0 Å². The summed E-state index contributed by atoms with van der Waals surface area (Å²) in [5.41, 5.74) is 1.24. The van der Waals surface area contributed by atoms with Crippen LogP contribution in [-0.4, -0.2) is 25.1 Å². The summed E-state index contributed by atoms with van der Waals surface area (Å²) >= 11 is 0. The molecule has 2 fully saturated rings. The van der Waals surface area contributed by atoms with Crippen LogP contribution in [0.15, 0.2) is 30.3 Å². The van der Waals surface area contributed by atoms with Crippen LogP contribution in [0.5, 0.6) is 0 Å². The van der Waals surface area contributed by atoms with Crippen molar-refractivity contribution in [2.45, 2.75) is 38.8 Å². The van der Waals surface area contributed by atoms with E-state index in [2.05, 4.69) is 12.1 Å². The first-order chi connectivity index (χ1) is 9.14. The van der Waals surface area contributed by atoms with Crippen LogP contribution in [0, 0.1) is 11.8 Å². The van der Waals surface area contributed by atoms with Gasteiger partial charge in [0, 0.05) is 0 Å². The molecule has 1 heterocycles. The van der Waals surface area contributed by atoms with Crippen molar-refractivity contribution in [1.29, 1.82) is 0 Å². The predicted octanol–water partition coefficient (Wildman–Crippen LogP) is 2.99. The number of rotatable bonds is 5. The third kappa shape index (κ3) is 3.35. The number of ether oxygens (including phenoxy) is 3. The molecular formula is C16H22O3. The fourth-order valence-electron chi connectivity index (χ4n) is 2.75. The van der Waals surface area contributed by atoms with Gasteiger partial charge in [0.05, 0.1) is 25.9 Å². The van der Waals surface area contributed by atoms with E-state index in [1.165, 1.54) is 12.0 Å². The van der Waals surface area contributed by atoms with Crippen molar-refractivity contribution in [3.63, 3.8) is 0 Å². The summed E-state index contributed by atoms with van der Waals surface area (Å²) in [6, 6.07) is 10.3. The Morgan fingerprint density at radius 1 is 1.26 bits per heavy atom. The van der Waals surface area contributed by atoms with E-state index in [-0.39, 0.29) is 6.10 Å². The van der Waals surface area contributed by atoms with Crippen molar-refractivity contribution in [2.75, 3.05) is 13.2 Å². The zero-order valence-corrected chi connectivity index (χ0v) is 11.7. The van der Waals surface area contributed by atoms with Crippen LogP contribution in [0.4, 0.5) is 0 Å². The van der Waals surface area contributed by atoms with E-state index in [4.69, 9.17) is 14.2 Å². The minimum Gasteiger partial charge on any atom is -0.376 e. The summed E-state index contributed by atoms with van der Waals surface area (Å²) in [5.74, 6) is 0.867. The fourth-order valence-corrected chi connectivity index (χ4v) is 2.75. The highest BCUT2D eigenvalue weighted by molar-refractivity contribution is 5.13. The summed E-state index contributed by atoms with van der Waals surface area (Å²) < 4.78 is 17.3. The molecular weight excluding hydrogens is 240 g/mol. The molecule has 3 nitrogen and oxygen atoms in total. The number of hydrogen-bond donors (Lipinski definition) is 0. The molecule has 1 aromatic rings. The molecule has 2 aliphatic rings. The maximum Gasteiger partial charge on any atom is 0.163 e. The summed E-state index contributed by atoms with van der Waals surface area (Å²) in [6.45, 7) is 6.23. The Kier molecular flexibility index (Phi) is 3.61. The highest BCUT2D eigenvalue weighted by Gasteiger charge is 2.48. The first-order valence-electron chi connectivity index (χ1n) is 7.07. The van der Waals surface area contributed by atoms with E-state index >= 15 is 0 Å². The lowest BCUT2D eigenvalue weighted by atomic mass is 10.2. The minimum absolute atomic E-state index is 0.264. The van der Waals surface area contributed by atoms with Crippen molar-refractivity contribution in [3.8, 4) is 0 Å². The Labute approximate surface area is 114 Å². The van der Waals surface area contributed by atoms with Gasteiger partial charge in [0.2, 0.25) is 0 Å². The van der Waals surface area contributed by atoms with Gasteiger partial charge < -0.3 is 14.2 Å². The van der Waals surface area contributed by atoms with E-state index in [0.29, 0.717) is 18.4 Å².